The molecule has 0 fully saturated rings. The Bertz CT molecular complexity index is 1190. The maximum atomic E-state index is 13.2. The monoisotopic (exact) mass is 459 g/mol. The number of rotatable bonds is 7. The molecule has 0 spiro atoms. The highest BCUT2D eigenvalue weighted by Gasteiger charge is 2.11. The van der Waals surface area contributed by atoms with E-state index in [4.69, 9.17) is 0 Å². The van der Waals surface area contributed by atoms with Gasteiger partial charge in [0.25, 0.3) is 0 Å². The number of nitrogens with one attached hydrogen (secondary N) is 1. The molecule has 0 bridgehead atoms. The number of benzene rings is 3. The third-order valence-corrected chi connectivity index (χ3v) is 7.39. The van der Waals surface area contributed by atoms with Gasteiger partial charge in [-0.2, -0.15) is 0 Å². The van der Waals surface area contributed by atoms with Crippen LogP contribution < -0.4 is 5.32 Å². The van der Waals surface area contributed by atoms with Crippen molar-refractivity contribution in [1.29, 1.82) is 0 Å². The smallest absolute Gasteiger partial charge is 0.234 e. The second-order valence-corrected chi connectivity index (χ2v) is 9.65. The molecule has 4 rings (SSSR count). The van der Waals surface area contributed by atoms with Crippen molar-refractivity contribution in [3.63, 3.8) is 0 Å². The summed E-state index contributed by atoms with van der Waals surface area (Å²) in [5.74, 6) is -1.41. The van der Waals surface area contributed by atoms with Crippen molar-refractivity contribution in [2.24, 2.45) is 0 Å². The van der Waals surface area contributed by atoms with Gasteiger partial charge in [-0.05, 0) is 28.5 Å². The minimum atomic E-state index is -1.00. The van der Waals surface area contributed by atoms with E-state index in [1.807, 2.05) is 18.2 Å². The number of halogens is 2. The molecule has 1 N–H and O–H groups in total. The molecule has 9 heteroatoms. The topological polar surface area (TPSA) is 54.9 Å². The van der Waals surface area contributed by atoms with Crippen LogP contribution in [0.25, 0.3) is 10.8 Å². The number of hydrogen-bond donors (Lipinski definition) is 1. The van der Waals surface area contributed by atoms with E-state index in [1.54, 1.807) is 11.8 Å². The molecule has 0 saturated carbocycles. The molecule has 1 amide bonds. The van der Waals surface area contributed by atoms with E-state index in [0.717, 1.165) is 22.2 Å². The van der Waals surface area contributed by atoms with Crippen LogP contribution in [0.5, 0.6) is 0 Å². The summed E-state index contributed by atoms with van der Waals surface area (Å²) < 4.78 is 27.7. The van der Waals surface area contributed by atoms with Crippen molar-refractivity contribution in [1.82, 2.24) is 10.2 Å². The van der Waals surface area contributed by atoms with Crippen LogP contribution in [0.3, 0.4) is 0 Å². The maximum Gasteiger partial charge on any atom is 0.234 e. The van der Waals surface area contributed by atoms with E-state index < -0.39 is 11.6 Å². The average Bonchev–Trinajstić information content (AvgIpc) is 3.21. The number of fused-ring (bicyclic) bond motifs is 1. The lowest BCUT2D eigenvalue weighted by molar-refractivity contribution is -0.113. The SMILES string of the molecule is O=C(CSc1nnc(SCc2cccc3ccccc23)s1)Nc1ccc(F)c(F)c1. The molecule has 30 heavy (non-hydrogen) atoms. The number of amides is 1. The van der Waals surface area contributed by atoms with E-state index in [-0.39, 0.29) is 17.3 Å². The molecule has 3 aromatic carbocycles. The molecule has 0 atom stereocenters. The van der Waals surface area contributed by atoms with Crippen LogP contribution in [0.15, 0.2) is 69.3 Å². The summed E-state index contributed by atoms with van der Waals surface area (Å²) in [6, 6.07) is 17.7. The number of hydrogen-bond acceptors (Lipinski definition) is 6. The number of aromatic nitrogens is 2. The quantitative estimate of drug-likeness (QED) is 0.344. The first-order valence-corrected chi connectivity index (χ1v) is 11.7. The minimum absolute atomic E-state index is 0.0988. The zero-order valence-corrected chi connectivity index (χ0v) is 17.9. The van der Waals surface area contributed by atoms with Gasteiger partial charge in [0.2, 0.25) is 5.91 Å². The van der Waals surface area contributed by atoms with E-state index in [1.165, 1.54) is 45.5 Å². The van der Waals surface area contributed by atoms with Crippen molar-refractivity contribution in [2.75, 3.05) is 11.1 Å². The molecule has 4 aromatic rings. The molecular weight excluding hydrogens is 444 g/mol. The number of carbonyl (C=O) groups is 1. The lowest BCUT2D eigenvalue weighted by atomic mass is 10.1. The largest absolute Gasteiger partial charge is 0.325 e. The van der Waals surface area contributed by atoms with Gasteiger partial charge in [0.15, 0.2) is 20.3 Å². The Balaban J connectivity index is 1.30. The summed E-state index contributed by atoms with van der Waals surface area (Å²) in [5.41, 5.74) is 1.44. The normalized spacial score (nSPS) is 11.0. The van der Waals surface area contributed by atoms with Crippen LogP contribution in [0.4, 0.5) is 14.5 Å². The fourth-order valence-electron chi connectivity index (χ4n) is 2.77. The summed E-state index contributed by atoms with van der Waals surface area (Å²) >= 11 is 4.28. The van der Waals surface area contributed by atoms with Crippen LogP contribution in [0, 0.1) is 11.6 Å². The molecule has 1 aromatic heterocycles. The van der Waals surface area contributed by atoms with Crippen molar-refractivity contribution >= 4 is 57.2 Å². The Labute approximate surface area is 184 Å². The molecule has 0 radical (unpaired) electrons. The van der Waals surface area contributed by atoms with Crippen LogP contribution in [-0.2, 0) is 10.5 Å². The van der Waals surface area contributed by atoms with Crippen LogP contribution >= 0.6 is 34.9 Å². The van der Waals surface area contributed by atoms with Gasteiger partial charge in [-0.1, -0.05) is 77.3 Å². The van der Waals surface area contributed by atoms with Crippen molar-refractivity contribution in [2.45, 2.75) is 14.4 Å². The number of anilines is 1. The van der Waals surface area contributed by atoms with Crippen LogP contribution in [-0.4, -0.2) is 21.9 Å². The fourth-order valence-corrected chi connectivity index (χ4v) is 5.59. The molecular formula is C21H15F2N3OS3. The van der Waals surface area contributed by atoms with Gasteiger partial charge in [0.05, 0.1) is 5.75 Å². The Morgan fingerprint density at radius 2 is 1.70 bits per heavy atom. The summed E-state index contributed by atoms with van der Waals surface area (Å²) in [7, 11) is 0. The van der Waals surface area contributed by atoms with Gasteiger partial charge in [-0.15, -0.1) is 10.2 Å². The standard InChI is InChI=1S/C21H15F2N3OS3/c22-17-9-8-15(10-18(17)23)24-19(27)12-29-21-26-25-20(30-21)28-11-14-6-3-5-13-4-1-2-7-16(13)14/h1-10H,11-12H2,(H,24,27). The Morgan fingerprint density at radius 3 is 2.53 bits per heavy atom. The molecule has 0 unspecified atom stereocenters. The van der Waals surface area contributed by atoms with Crippen molar-refractivity contribution in [3.05, 3.63) is 77.9 Å². The van der Waals surface area contributed by atoms with Crippen LogP contribution in [0.1, 0.15) is 5.56 Å². The maximum absolute atomic E-state index is 13.2. The summed E-state index contributed by atoms with van der Waals surface area (Å²) in [6.45, 7) is 0. The van der Waals surface area contributed by atoms with E-state index in [0.29, 0.717) is 4.34 Å². The van der Waals surface area contributed by atoms with E-state index in [9.17, 15) is 13.6 Å². The van der Waals surface area contributed by atoms with Gasteiger partial charge in [-0.25, -0.2) is 8.78 Å². The number of nitrogens with zero attached hydrogens (tertiary/aromatic N) is 2. The Hall–Kier alpha value is -2.49. The lowest BCUT2D eigenvalue weighted by Gasteiger charge is -2.04. The van der Waals surface area contributed by atoms with Crippen molar-refractivity contribution < 1.29 is 13.6 Å². The summed E-state index contributed by atoms with van der Waals surface area (Å²) in [5, 5.41) is 13.3. The molecule has 152 valence electrons. The molecule has 0 aliphatic carbocycles. The minimum Gasteiger partial charge on any atom is -0.325 e. The third kappa shape index (κ3) is 5.16. The summed E-state index contributed by atoms with van der Waals surface area (Å²) in [6.07, 6.45) is 0. The highest BCUT2D eigenvalue weighted by molar-refractivity contribution is 8.03. The molecule has 1 heterocycles. The van der Waals surface area contributed by atoms with Crippen LogP contribution in [0.2, 0.25) is 0 Å². The zero-order valence-electron chi connectivity index (χ0n) is 15.5. The first-order chi connectivity index (χ1) is 14.6. The van der Waals surface area contributed by atoms with Gasteiger partial charge < -0.3 is 5.32 Å². The highest BCUT2D eigenvalue weighted by atomic mass is 32.2. The third-order valence-electron chi connectivity index (χ3n) is 4.15. The van der Waals surface area contributed by atoms with E-state index in [2.05, 4.69) is 39.8 Å². The average molecular weight is 460 g/mol. The highest BCUT2D eigenvalue weighted by Crippen LogP contribution is 2.32. The first kappa shape index (κ1) is 20.8. The Morgan fingerprint density at radius 1 is 0.933 bits per heavy atom. The predicted octanol–water partition coefficient (Wildman–Crippen LogP) is 5.99. The van der Waals surface area contributed by atoms with Gasteiger partial charge in [0.1, 0.15) is 0 Å². The lowest BCUT2D eigenvalue weighted by Crippen LogP contribution is -2.14. The first-order valence-electron chi connectivity index (χ1n) is 8.89. The van der Waals surface area contributed by atoms with Gasteiger partial charge in [-0.3, -0.25) is 4.79 Å². The molecule has 0 saturated heterocycles. The number of thioether (sulfide) groups is 2. The fraction of sp³-hybridized carbons (Fsp3) is 0.0952. The van der Waals surface area contributed by atoms with Gasteiger partial charge in [0, 0.05) is 17.5 Å². The Kier molecular flexibility index (Phi) is 6.61. The predicted molar refractivity (Wildman–Crippen MR) is 119 cm³/mol. The van der Waals surface area contributed by atoms with Gasteiger partial charge >= 0.3 is 0 Å². The molecule has 0 aliphatic heterocycles. The second-order valence-electron chi connectivity index (χ2n) is 6.23. The molecule has 4 nitrogen and oxygen atoms in total. The zero-order chi connectivity index (χ0) is 20.9. The second kappa shape index (κ2) is 9.55. The van der Waals surface area contributed by atoms with Crippen molar-refractivity contribution in [3.8, 4) is 0 Å². The molecule has 0 aliphatic rings. The van der Waals surface area contributed by atoms with E-state index >= 15 is 0 Å². The summed E-state index contributed by atoms with van der Waals surface area (Å²) in [4.78, 5) is 12.0. The number of carbonyl (C=O) groups excluding carboxylic acids is 1.